The van der Waals surface area contributed by atoms with Crippen LogP contribution in [0.15, 0.2) is 85.1 Å². The fourth-order valence-electron chi connectivity index (χ4n) is 8.34. The molecule has 1 atom stereocenters. The zero-order chi connectivity index (χ0) is 51.4. The monoisotopic (exact) mass is 989 g/mol. The minimum Gasteiger partial charge on any atom is -0.462 e. The molecule has 408 valence electrons. The van der Waals surface area contributed by atoms with Gasteiger partial charge in [0, 0.05) is 19.3 Å². The third-order valence-corrected chi connectivity index (χ3v) is 12.9. The number of carbonyl (C=O) groups is 3. The summed E-state index contributed by atoms with van der Waals surface area (Å²) in [5.41, 5.74) is 0. The summed E-state index contributed by atoms with van der Waals surface area (Å²) in [6.45, 7) is 6.50. The number of allylic oxidation sites excluding steroid dienone is 14. The predicted molar refractivity (Wildman–Crippen MR) is 307 cm³/mol. The molecule has 0 spiro atoms. The van der Waals surface area contributed by atoms with Crippen LogP contribution in [0.1, 0.15) is 290 Å². The highest BCUT2D eigenvalue weighted by Gasteiger charge is 2.19. The van der Waals surface area contributed by atoms with E-state index in [2.05, 4.69) is 106 Å². The smallest absolute Gasteiger partial charge is 0.306 e. The highest BCUT2D eigenvalue weighted by Crippen LogP contribution is 2.15. The molecule has 0 aliphatic heterocycles. The Bertz CT molecular complexity index is 1370. The fraction of sp³-hybridized carbons (Fsp3) is 0.738. The van der Waals surface area contributed by atoms with Gasteiger partial charge in [-0.25, -0.2) is 0 Å². The Kier molecular flexibility index (Phi) is 56.3. The Morgan fingerprint density at radius 1 is 0.296 bits per heavy atom. The fourth-order valence-corrected chi connectivity index (χ4v) is 8.34. The van der Waals surface area contributed by atoms with Gasteiger partial charge >= 0.3 is 17.9 Å². The Hall–Kier alpha value is -3.41. The number of esters is 3. The van der Waals surface area contributed by atoms with E-state index in [-0.39, 0.29) is 31.1 Å². The van der Waals surface area contributed by atoms with Gasteiger partial charge in [0.05, 0.1) is 0 Å². The van der Waals surface area contributed by atoms with Crippen molar-refractivity contribution >= 4 is 17.9 Å². The summed E-state index contributed by atoms with van der Waals surface area (Å²) < 4.78 is 16.9. The van der Waals surface area contributed by atoms with Crippen molar-refractivity contribution in [3.05, 3.63) is 85.1 Å². The largest absolute Gasteiger partial charge is 0.462 e. The quantitative estimate of drug-likeness (QED) is 0.0261. The van der Waals surface area contributed by atoms with Crippen LogP contribution in [-0.4, -0.2) is 37.2 Å². The topological polar surface area (TPSA) is 78.9 Å². The maximum absolute atomic E-state index is 12.9. The number of hydrogen-bond donors (Lipinski definition) is 0. The highest BCUT2D eigenvalue weighted by atomic mass is 16.6. The first-order chi connectivity index (χ1) is 35.0. The van der Waals surface area contributed by atoms with Gasteiger partial charge in [0.2, 0.25) is 0 Å². The van der Waals surface area contributed by atoms with E-state index in [9.17, 15) is 14.4 Å². The molecule has 0 aliphatic rings. The lowest BCUT2D eigenvalue weighted by atomic mass is 10.1. The first-order valence-electron chi connectivity index (χ1n) is 30.1. The number of rotatable bonds is 54. The molecule has 0 saturated carbocycles. The SMILES string of the molecule is CC/C=C\C/C=C\C/C=C\C/C=C\C/C=C\CCCCCCCCCCCC(=O)OCC(COC(=O)CCCCCCC/C=C\CCCCCC)OC(=O)CCCCCCC/C=C\CCCCCCCC. The van der Waals surface area contributed by atoms with Crippen LogP contribution in [0.3, 0.4) is 0 Å². The van der Waals surface area contributed by atoms with Gasteiger partial charge in [-0.15, -0.1) is 0 Å². The lowest BCUT2D eigenvalue weighted by molar-refractivity contribution is -0.167. The van der Waals surface area contributed by atoms with E-state index in [0.717, 1.165) is 116 Å². The molecule has 1 unspecified atom stereocenters. The van der Waals surface area contributed by atoms with Crippen molar-refractivity contribution < 1.29 is 28.6 Å². The molecule has 0 fully saturated rings. The molecule has 0 aromatic rings. The van der Waals surface area contributed by atoms with Crippen molar-refractivity contribution in [1.82, 2.24) is 0 Å². The molecule has 0 heterocycles. The van der Waals surface area contributed by atoms with E-state index in [0.29, 0.717) is 19.3 Å². The first kappa shape index (κ1) is 67.6. The summed E-state index contributed by atoms with van der Waals surface area (Å²) in [5.74, 6) is -0.900. The highest BCUT2D eigenvalue weighted by molar-refractivity contribution is 5.71. The molecule has 71 heavy (non-hydrogen) atoms. The number of ether oxygens (including phenoxy) is 3. The minimum absolute atomic E-state index is 0.0848. The first-order valence-corrected chi connectivity index (χ1v) is 30.1. The second-order valence-corrected chi connectivity index (χ2v) is 19.9. The van der Waals surface area contributed by atoms with Gasteiger partial charge in [-0.2, -0.15) is 0 Å². The third-order valence-electron chi connectivity index (χ3n) is 12.9. The molecular weight excluding hydrogens is 877 g/mol. The van der Waals surface area contributed by atoms with Gasteiger partial charge in [-0.3, -0.25) is 14.4 Å². The molecule has 0 radical (unpaired) electrons. The number of unbranched alkanes of at least 4 members (excludes halogenated alkanes) is 29. The molecule has 0 saturated heterocycles. The van der Waals surface area contributed by atoms with Gasteiger partial charge in [-0.1, -0.05) is 241 Å². The maximum atomic E-state index is 12.9. The molecule has 0 aliphatic carbocycles. The molecule has 6 nitrogen and oxygen atoms in total. The zero-order valence-corrected chi connectivity index (χ0v) is 46.7. The van der Waals surface area contributed by atoms with Crippen LogP contribution in [0.5, 0.6) is 0 Å². The maximum Gasteiger partial charge on any atom is 0.306 e. The number of carbonyl (C=O) groups excluding carboxylic acids is 3. The lowest BCUT2D eigenvalue weighted by Gasteiger charge is -2.18. The molecule has 0 aromatic heterocycles. The lowest BCUT2D eigenvalue weighted by Crippen LogP contribution is -2.30. The van der Waals surface area contributed by atoms with Gasteiger partial charge in [0.15, 0.2) is 6.10 Å². The van der Waals surface area contributed by atoms with Crippen LogP contribution in [-0.2, 0) is 28.6 Å². The molecule has 0 N–H and O–H groups in total. The molecular formula is C65H112O6. The van der Waals surface area contributed by atoms with Crippen molar-refractivity contribution in [3.63, 3.8) is 0 Å². The van der Waals surface area contributed by atoms with E-state index >= 15 is 0 Å². The Morgan fingerprint density at radius 2 is 0.549 bits per heavy atom. The average molecular weight is 990 g/mol. The van der Waals surface area contributed by atoms with Crippen LogP contribution in [0.4, 0.5) is 0 Å². The van der Waals surface area contributed by atoms with Crippen molar-refractivity contribution in [1.29, 1.82) is 0 Å². The Balaban J connectivity index is 4.33. The Morgan fingerprint density at radius 3 is 0.887 bits per heavy atom. The van der Waals surface area contributed by atoms with Gasteiger partial charge in [-0.05, 0) is 116 Å². The van der Waals surface area contributed by atoms with Crippen LogP contribution < -0.4 is 0 Å². The Labute approximate surface area is 439 Å². The zero-order valence-electron chi connectivity index (χ0n) is 46.7. The second-order valence-electron chi connectivity index (χ2n) is 19.9. The normalized spacial score (nSPS) is 12.7. The molecule has 0 aromatic carbocycles. The summed E-state index contributed by atoms with van der Waals surface area (Å²) in [5, 5.41) is 0. The second kappa shape index (κ2) is 59.2. The number of hydrogen-bond acceptors (Lipinski definition) is 6. The van der Waals surface area contributed by atoms with Crippen LogP contribution in [0, 0.1) is 0 Å². The van der Waals surface area contributed by atoms with Crippen molar-refractivity contribution in [2.75, 3.05) is 13.2 Å². The summed E-state index contributed by atoms with van der Waals surface area (Å²) in [6.07, 6.45) is 77.2. The molecule has 0 rings (SSSR count). The van der Waals surface area contributed by atoms with E-state index in [4.69, 9.17) is 14.2 Å². The molecule has 0 amide bonds. The average Bonchev–Trinajstić information content (AvgIpc) is 3.37. The minimum atomic E-state index is -0.787. The van der Waals surface area contributed by atoms with E-state index < -0.39 is 6.10 Å². The van der Waals surface area contributed by atoms with E-state index in [1.165, 1.54) is 135 Å². The van der Waals surface area contributed by atoms with E-state index in [1.807, 2.05) is 0 Å². The van der Waals surface area contributed by atoms with Gasteiger partial charge in [0.25, 0.3) is 0 Å². The van der Waals surface area contributed by atoms with Crippen LogP contribution in [0.2, 0.25) is 0 Å². The third kappa shape index (κ3) is 57.4. The molecule has 0 bridgehead atoms. The van der Waals surface area contributed by atoms with Gasteiger partial charge < -0.3 is 14.2 Å². The summed E-state index contributed by atoms with van der Waals surface area (Å²) >= 11 is 0. The predicted octanol–water partition coefficient (Wildman–Crippen LogP) is 20.3. The molecule has 6 heteroatoms. The van der Waals surface area contributed by atoms with Crippen molar-refractivity contribution in [2.24, 2.45) is 0 Å². The van der Waals surface area contributed by atoms with Crippen LogP contribution in [0.25, 0.3) is 0 Å². The van der Waals surface area contributed by atoms with Gasteiger partial charge in [0.1, 0.15) is 13.2 Å². The van der Waals surface area contributed by atoms with Crippen molar-refractivity contribution in [2.45, 2.75) is 297 Å². The summed E-state index contributed by atoms with van der Waals surface area (Å²) in [4.78, 5) is 38.2. The van der Waals surface area contributed by atoms with E-state index in [1.54, 1.807) is 0 Å². The van der Waals surface area contributed by atoms with Crippen molar-refractivity contribution in [3.8, 4) is 0 Å². The summed E-state index contributed by atoms with van der Waals surface area (Å²) in [7, 11) is 0. The standard InChI is InChI=1S/C65H112O6/c1-4-7-10-13-16-19-22-25-27-28-29-30-31-32-33-34-35-36-38-40-43-46-49-52-55-58-64(67)70-61-62(60-69-63(66)57-54-51-48-45-42-39-24-21-18-15-12-9-6-3)71-65(68)59-56-53-50-47-44-41-37-26-23-20-17-14-11-8-5-2/h7,10,16,19,21,24-27,29-30,32-33,37,62H,4-6,8-9,11-15,17-18,20,22-23,28,31,34-36,38-61H2,1-3H3/b10-7-,19-16-,24-21-,27-25-,30-29-,33-32-,37-26-. The van der Waals surface area contributed by atoms with Crippen LogP contribution >= 0.6 is 0 Å². The summed E-state index contributed by atoms with van der Waals surface area (Å²) in [6, 6.07) is 0.